The molecule has 0 saturated carbocycles. The van der Waals surface area contributed by atoms with Crippen LogP contribution in [0.3, 0.4) is 0 Å². The molecule has 1 spiro atoms. The SMILES string of the molecule is Cc1cccc(C2(C(=O)N3CCC4(CC3)C[C@H](Oc3ccccc3)CO4)CCOCC2)c1. The topological polar surface area (TPSA) is 48.0 Å². The number of para-hydroxylation sites is 1. The van der Waals surface area contributed by atoms with Gasteiger partial charge in [0.05, 0.1) is 17.6 Å². The Labute approximate surface area is 190 Å². The second-order valence-electron chi connectivity index (χ2n) is 9.61. The Morgan fingerprint density at radius 1 is 1.00 bits per heavy atom. The van der Waals surface area contributed by atoms with Crippen molar-refractivity contribution in [1.82, 2.24) is 4.90 Å². The molecule has 0 aromatic heterocycles. The van der Waals surface area contributed by atoms with E-state index in [0.29, 0.717) is 19.8 Å². The van der Waals surface area contributed by atoms with Crippen molar-refractivity contribution in [2.24, 2.45) is 0 Å². The van der Waals surface area contributed by atoms with Gasteiger partial charge in [-0.1, -0.05) is 48.0 Å². The maximum Gasteiger partial charge on any atom is 0.233 e. The summed E-state index contributed by atoms with van der Waals surface area (Å²) in [5.74, 6) is 1.15. The summed E-state index contributed by atoms with van der Waals surface area (Å²) in [5.41, 5.74) is 1.70. The van der Waals surface area contributed by atoms with Gasteiger partial charge in [0.1, 0.15) is 11.9 Å². The first-order valence-electron chi connectivity index (χ1n) is 11.9. The number of carbonyl (C=O) groups excluding carboxylic acids is 1. The van der Waals surface area contributed by atoms with Crippen LogP contribution in [0.4, 0.5) is 0 Å². The molecule has 3 saturated heterocycles. The van der Waals surface area contributed by atoms with Crippen LogP contribution in [-0.4, -0.2) is 55.4 Å². The van der Waals surface area contributed by atoms with Crippen molar-refractivity contribution in [3.8, 4) is 5.75 Å². The van der Waals surface area contributed by atoms with E-state index in [4.69, 9.17) is 14.2 Å². The number of likely N-dealkylation sites (tertiary alicyclic amines) is 1. The number of ether oxygens (including phenoxy) is 3. The minimum atomic E-state index is -0.468. The molecule has 3 heterocycles. The third-order valence-corrected chi connectivity index (χ3v) is 7.51. The second-order valence-corrected chi connectivity index (χ2v) is 9.61. The smallest absolute Gasteiger partial charge is 0.233 e. The van der Waals surface area contributed by atoms with Gasteiger partial charge in [0.25, 0.3) is 0 Å². The first-order chi connectivity index (χ1) is 15.6. The van der Waals surface area contributed by atoms with E-state index in [1.807, 2.05) is 30.3 Å². The van der Waals surface area contributed by atoms with Gasteiger partial charge in [0.15, 0.2) is 0 Å². The van der Waals surface area contributed by atoms with Crippen LogP contribution in [-0.2, 0) is 19.7 Å². The van der Waals surface area contributed by atoms with Gasteiger partial charge in [0, 0.05) is 32.7 Å². The summed E-state index contributed by atoms with van der Waals surface area (Å²) >= 11 is 0. The van der Waals surface area contributed by atoms with Crippen LogP contribution >= 0.6 is 0 Å². The van der Waals surface area contributed by atoms with Crippen LogP contribution in [0.2, 0.25) is 0 Å². The molecule has 2 aromatic rings. The lowest BCUT2D eigenvalue weighted by Gasteiger charge is -2.44. The lowest BCUT2D eigenvalue weighted by atomic mass is 9.72. The molecule has 1 atom stereocenters. The zero-order valence-corrected chi connectivity index (χ0v) is 18.9. The minimum absolute atomic E-state index is 0.0776. The average Bonchev–Trinajstić information content (AvgIpc) is 3.22. The molecule has 0 radical (unpaired) electrons. The standard InChI is InChI=1S/C27H33NO4/c1-21-6-5-7-22(18-21)27(12-16-30-17-13-27)25(29)28-14-10-26(11-15-28)19-24(20-31-26)32-23-8-3-2-4-9-23/h2-9,18,24H,10-17,19-20H2,1H3/t24-/m0/s1. The Hall–Kier alpha value is -2.37. The molecular formula is C27H33NO4. The maximum atomic E-state index is 13.9. The molecule has 5 heteroatoms. The van der Waals surface area contributed by atoms with Crippen LogP contribution in [0.25, 0.3) is 0 Å². The Morgan fingerprint density at radius 2 is 1.75 bits per heavy atom. The van der Waals surface area contributed by atoms with Crippen LogP contribution in [0.5, 0.6) is 5.75 Å². The fourth-order valence-electron chi connectivity index (χ4n) is 5.63. The van der Waals surface area contributed by atoms with E-state index in [1.54, 1.807) is 0 Å². The first-order valence-corrected chi connectivity index (χ1v) is 11.9. The zero-order valence-electron chi connectivity index (χ0n) is 18.9. The minimum Gasteiger partial charge on any atom is -0.488 e. The van der Waals surface area contributed by atoms with E-state index in [9.17, 15) is 4.79 Å². The van der Waals surface area contributed by atoms with E-state index < -0.39 is 5.41 Å². The Morgan fingerprint density at radius 3 is 2.47 bits per heavy atom. The summed E-state index contributed by atoms with van der Waals surface area (Å²) in [6.07, 6.45) is 4.21. The molecule has 0 N–H and O–H groups in total. The third-order valence-electron chi connectivity index (χ3n) is 7.51. The number of aryl methyl sites for hydroxylation is 1. The number of rotatable bonds is 4. The highest BCUT2D eigenvalue weighted by Crippen LogP contribution is 2.41. The number of benzene rings is 2. The van der Waals surface area contributed by atoms with Gasteiger partial charge >= 0.3 is 0 Å². The number of hydrogen-bond acceptors (Lipinski definition) is 4. The number of hydrogen-bond donors (Lipinski definition) is 0. The molecule has 2 aromatic carbocycles. The molecule has 5 rings (SSSR count). The van der Waals surface area contributed by atoms with Gasteiger partial charge in [-0.3, -0.25) is 4.79 Å². The Balaban J connectivity index is 1.25. The first kappa shape index (κ1) is 21.5. The van der Waals surface area contributed by atoms with Gasteiger partial charge in [-0.15, -0.1) is 0 Å². The van der Waals surface area contributed by atoms with E-state index in [1.165, 1.54) is 5.56 Å². The van der Waals surface area contributed by atoms with Crippen molar-refractivity contribution < 1.29 is 19.0 Å². The summed E-state index contributed by atoms with van der Waals surface area (Å²) in [7, 11) is 0. The number of nitrogens with zero attached hydrogens (tertiary/aromatic N) is 1. The molecular weight excluding hydrogens is 402 g/mol. The normalized spacial score (nSPS) is 24.4. The second kappa shape index (κ2) is 8.87. The largest absolute Gasteiger partial charge is 0.488 e. The summed E-state index contributed by atoms with van der Waals surface area (Å²) in [4.78, 5) is 16.0. The molecule has 5 nitrogen and oxygen atoms in total. The summed E-state index contributed by atoms with van der Waals surface area (Å²) in [6.45, 7) is 5.47. The molecule has 1 amide bonds. The summed E-state index contributed by atoms with van der Waals surface area (Å²) in [5, 5.41) is 0. The average molecular weight is 436 g/mol. The van der Waals surface area contributed by atoms with Gasteiger partial charge in [-0.25, -0.2) is 0 Å². The van der Waals surface area contributed by atoms with E-state index >= 15 is 0 Å². The molecule has 0 unspecified atom stereocenters. The zero-order chi connectivity index (χ0) is 22.0. The fourth-order valence-corrected chi connectivity index (χ4v) is 5.63. The molecule has 3 aliphatic heterocycles. The number of amides is 1. The van der Waals surface area contributed by atoms with Crippen molar-refractivity contribution >= 4 is 5.91 Å². The highest BCUT2D eigenvalue weighted by molar-refractivity contribution is 5.88. The predicted octanol–water partition coefficient (Wildman–Crippen LogP) is 4.27. The Kier molecular flexibility index (Phi) is 5.95. The van der Waals surface area contributed by atoms with Crippen LogP contribution in [0.1, 0.15) is 43.2 Å². The predicted molar refractivity (Wildman–Crippen MR) is 123 cm³/mol. The summed E-state index contributed by atoms with van der Waals surface area (Å²) < 4.78 is 18.1. The molecule has 0 aliphatic carbocycles. The molecule has 3 fully saturated rings. The van der Waals surface area contributed by atoms with E-state index in [0.717, 1.165) is 56.5 Å². The molecule has 0 bridgehead atoms. The quantitative estimate of drug-likeness (QED) is 0.720. The lowest BCUT2D eigenvalue weighted by molar-refractivity contribution is -0.146. The van der Waals surface area contributed by atoms with E-state index in [-0.39, 0.29) is 17.6 Å². The Bertz CT molecular complexity index is 930. The molecule has 170 valence electrons. The monoisotopic (exact) mass is 435 g/mol. The molecule has 3 aliphatic rings. The highest BCUT2D eigenvalue weighted by atomic mass is 16.6. The highest BCUT2D eigenvalue weighted by Gasteiger charge is 2.48. The van der Waals surface area contributed by atoms with Crippen molar-refractivity contribution in [2.75, 3.05) is 32.9 Å². The molecule has 32 heavy (non-hydrogen) atoms. The van der Waals surface area contributed by atoms with Crippen molar-refractivity contribution in [1.29, 1.82) is 0 Å². The third kappa shape index (κ3) is 4.16. The van der Waals surface area contributed by atoms with Gasteiger partial charge in [-0.05, 0) is 50.3 Å². The van der Waals surface area contributed by atoms with Crippen LogP contribution < -0.4 is 4.74 Å². The van der Waals surface area contributed by atoms with Gasteiger partial charge in [-0.2, -0.15) is 0 Å². The van der Waals surface area contributed by atoms with Gasteiger partial charge in [0.2, 0.25) is 5.91 Å². The van der Waals surface area contributed by atoms with Crippen molar-refractivity contribution in [3.63, 3.8) is 0 Å². The number of piperidine rings is 1. The fraction of sp³-hybridized carbons (Fsp3) is 0.519. The lowest BCUT2D eigenvalue weighted by Crippen LogP contribution is -2.54. The van der Waals surface area contributed by atoms with Crippen molar-refractivity contribution in [2.45, 2.75) is 56.1 Å². The van der Waals surface area contributed by atoms with Crippen LogP contribution in [0, 0.1) is 6.92 Å². The van der Waals surface area contributed by atoms with Crippen molar-refractivity contribution in [3.05, 3.63) is 65.7 Å². The number of carbonyl (C=O) groups is 1. The van der Waals surface area contributed by atoms with E-state index in [2.05, 4.69) is 36.1 Å². The van der Waals surface area contributed by atoms with Crippen LogP contribution in [0.15, 0.2) is 54.6 Å². The summed E-state index contributed by atoms with van der Waals surface area (Å²) in [6, 6.07) is 18.4. The van der Waals surface area contributed by atoms with Gasteiger partial charge < -0.3 is 19.1 Å². The maximum absolute atomic E-state index is 13.9.